The lowest BCUT2D eigenvalue weighted by Crippen LogP contribution is -2.56. The Morgan fingerprint density at radius 3 is 2.59 bits per heavy atom. The number of carbonyl (C=O) groups is 2. The molecule has 0 radical (unpaired) electrons. The number of rotatable bonds is 5. The van der Waals surface area contributed by atoms with Gasteiger partial charge >= 0.3 is 6.18 Å². The second-order valence-corrected chi connectivity index (χ2v) is 8.83. The van der Waals surface area contributed by atoms with Gasteiger partial charge in [-0.05, 0) is 43.9 Å². The number of carbonyl (C=O) groups excluding carboxylic acids is 2. The van der Waals surface area contributed by atoms with Crippen molar-refractivity contribution in [3.63, 3.8) is 0 Å². The minimum atomic E-state index is -4.40. The first-order valence-corrected chi connectivity index (χ1v) is 10.8. The van der Waals surface area contributed by atoms with Crippen LogP contribution in [-0.2, 0) is 15.8 Å². The van der Waals surface area contributed by atoms with Gasteiger partial charge in [0.25, 0.3) is 0 Å². The summed E-state index contributed by atoms with van der Waals surface area (Å²) in [6, 6.07) is 4.98. The van der Waals surface area contributed by atoms with Crippen molar-refractivity contribution in [3.8, 4) is 6.07 Å². The van der Waals surface area contributed by atoms with Crippen LogP contribution in [0.1, 0.15) is 43.4 Å². The number of alkyl halides is 3. The largest absolute Gasteiger partial charge is 0.416 e. The zero-order valence-corrected chi connectivity index (χ0v) is 17.8. The summed E-state index contributed by atoms with van der Waals surface area (Å²) >= 11 is 0. The second-order valence-electron chi connectivity index (χ2n) is 8.83. The van der Waals surface area contributed by atoms with Crippen LogP contribution in [0.2, 0.25) is 0 Å². The number of nitriles is 1. The number of benzene rings is 1. The summed E-state index contributed by atoms with van der Waals surface area (Å²) in [7, 11) is 0. The fraction of sp³-hybridized carbons (Fsp3) is 0.591. The molecule has 2 amide bonds. The van der Waals surface area contributed by atoms with Crippen molar-refractivity contribution in [1.82, 2.24) is 14.7 Å². The number of hydrogen-bond donors (Lipinski definition) is 1. The van der Waals surface area contributed by atoms with E-state index in [1.54, 1.807) is 4.90 Å². The molecule has 2 N–H and O–H groups in total. The highest BCUT2D eigenvalue weighted by atomic mass is 19.4. The summed E-state index contributed by atoms with van der Waals surface area (Å²) in [5.74, 6) is -0.358. The highest BCUT2D eigenvalue weighted by molar-refractivity contribution is 5.87. The van der Waals surface area contributed by atoms with Crippen LogP contribution >= 0.6 is 0 Å². The Balaban J connectivity index is 1.39. The lowest BCUT2D eigenvalue weighted by molar-refractivity contribution is -0.141. The molecule has 4 rings (SSSR count). The molecule has 0 saturated carbocycles. The Labute approximate surface area is 184 Å². The molecule has 1 aromatic carbocycles. The van der Waals surface area contributed by atoms with Crippen molar-refractivity contribution < 1.29 is 22.8 Å². The molecular weight excluding hydrogens is 423 g/mol. The monoisotopic (exact) mass is 449 g/mol. The number of nitrogens with zero attached hydrogens (tertiary/aromatic N) is 4. The summed E-state index contributed by atoms with van der Waals surface area (Å²) in [6.45, 7) is 3.14. The normalized spacial score (nSPS) is 27.6. The van der Waals surface area contributed by atoms with Crippen molar-refractivity contribution >= 4 is 11.8 Å². The Kier molecular flexibility index (Phi) is 5.90. The number of halogens is 3. The standard InChI is InChI=1S/C22H26F3N5O2/c1-13(14-4-6-15(7-5-14)22(23,24)25)30-17-9-19(21(30)32)28(11-17)12-18(27)20(31)29-8-2-3-16(29)10-26/h4-7,13,16-19H,2-3,8-9,11-12,27H2,1H3/t13-,16+,17+,18+,19+/m1/s1. The third-order valence-electron chi connectivity index (χ3n) is 6.89. The van der Waals surface area contributed by atoms with Gasteiger partial charge in [0.05, 0.1) is 29.8 Å². The van der Waals surface area contributed by atoms with Crippen molar-refractivity contribution in [1.29, 1.82) is 5.26 Å². The number of nitrogens with two attached hydrogens (primary N) is 1. The molecule has 3 heterocycles. The Morgan fingerprint density at radius 1 is 1.31 bits per heavy atom. The minimum absolute atomic E-state index is 0.0780. The first-order chi connectivity index (χ1) is 15.1. The van der Waals surface area contributed by atoms with Gasteiger partial charge in [-0.3, -0.25) is 14.5 Å². The molecular formula is C22H26F3N5O2. The van der Waals surface area contributed by atoms with Crippen molar-refractivity contribution in [2.75, 3.05) is 19.6 Å². The van der Waals surface area contributed by atoms with E-state index in [1.165, 1.54) is 17.0 Å². The number of likely N-dealkylation sites (tertiary alicyclic amines) is 3. The second kappa shape index (κ2) is 8.37. The van der Waals surface area contributed by atoms with Crippen LogP contribution in [0.25, 0.3) is 0 Å². The van der Waals surface area contributed by atoms with Gasteiger partial charge in [-0.25, -0.2) is 0 Å². The third kappa shape index (κ3) is 3.95. The van der Waals surface area contributed by atoms with Gasteiger partial charge in [0.2, 0.25) is 11.8 Å². The van der Waals surface area contributed by atoms with E-state index in [2.05, 4.69) is 6.07 Å². The fourth-order valence-corrected chi connectivity index (χ4v) is 5.22. The molecule has 7 nitrogen and oxygen atoms in total. The Morgan fingerprint density at radius 2 is 2.00 bits per heavy atom. The van der Waals surface area contributed by atoms with Crippen LogP contribution in [0.15, 0.2) is 24.3 Å². The van der Waals surface area contributed by atoms with Crippen LogP contribution in [0.5, 0.6) is 0 Å². The average molecular weight is 449 g/mol. The predicted octanol–water partition coefficient (Wildman–Crippen LogP) is 1.89. The maximum Gasteiger partial charge on any atom is 0.416 e. The zero-order valence-electron chi connectivity index (χ0n) is 17.8. The first-order valence-electron chi connectivity index (χ1n) is 10.8. The average Bonchev–Trinajstić information content (AvgIpc) is 3.46. The van der Waals surface area contributed by atoms with Gasteiger partial charge in [0.15, 0.2) is 0 Å². The van der Waals surface area contributed by atoms with Crippen molar-refractivity contribution in [2.24, 2.45) is 5.73 Å². The molecule has 0 unspecified atom stereocenters. The summed E-state index contributed by atoms with van der Waals surface area (Å²) in [4.78, 5) is 30.9. The highest BCUT2D eigenvalue weighted by Crippen LogP contribution is 2.38. The van der Waals surface area contributed by atoms with Crippen LogP contribution in [0, 0.1) is 11.3 Å². The highest BCUT2D eigenvalue weighted by Gasteiger charge is 2.51. The molecule has 2 bridgehead atoms. The topological polar surface area (TPSA) is 93.7 Å². The molecule has 0 aliphatic carbocycles. The van der Waals surface area contributed by atoms with Gasteiger partial charge in [-0.1, -0.05) is 12.1 Å². The van der Waals surface area contributed by atoms with E-state index < -0.39 is 23.8 Å². The third-order valence-corrected chi connectivity index (χ3v) is 6.89. The molecule has 1 aromatic rings. The number of hydrogen-bond acceptors (Lipinski definition) is 5. The summed E-state index contributed by atoms with van der Waals surface area (Å²) < 4.78 is 38.5. The molecule has 3 saturated heterocycles. The lowest BCUT2D eigenvalue weighted by Gasteiger charge is -2.38. The molecule has 32 heavy (non-hydrogen) atoms. The van der Waals surface area contributed by atoms with E-state index in [4.69, 9.17) is 5.73 Å². The summed E-state index contributed by atoms with van der Waals surface area (Å²) in [6.07, 6.45) is -2.36. The maximum atomic E-state index is 13.0. The Hall–Kier alpha value is -2.64. The number of amides is 2. The van der Waals surface area contributed by atoms with Crippen molar-refractivity contribution in [2.45, 2.75) is 62.6 Å². The van der Waals surface area contributed by atoms with E-state index in [1.807, 2.05) is 11.8 Å². The molecule has 3 fully saturated rings. The van der Waals surface area contributed by atoms with E-state index in [-0.39, 0.29) is 36.5 Å². The van der Waals surface area contributed by atoms with Crippen LogP contribution in [-0.4, -0.2) is 70.3 Å². The molecule has 5 atom stereocenters. The summed E-state index contributed by atoms with van der Waals surface area (Å²) in [5.41, 5.74) is 6.08. The van der Waals surface area contributed by atoms with Gasteiger partial charge in [0, 0.05) is 25.7 Å². The van der Waals surface area contributed by atoms with Gasteiger partial charge in [0.1, 0.15) is 6.04 Å². The molecule has 3 aliphatic rings. The van der Waals surface area contributed by atoms with Crippen LogP contribution in [0.4, 0.5) is 13.2 Å². The van der Waals surface area contributed by atoms with Crippen LogP contribution < -0.4 is 5.73 Å². The smallest absolute Gasteiger partial charge is 0.330 e. The van der Waals surface area contributed by atoms with Gasteiger partial charge in [-0.2, -0.15) is 18.4 Å². The number of fused-ring (bicyclic) bond motifs is 2. The molecule has 0 spiro atoms. The van der Waals surface area contributed by atoms with E-state index in [0.29, 0.717) is 31.5 Å². The zero-order chi connectivity index (χ0) is 23.2. The quantitative estimate of drug-likeness (QED) is 0.741. The lowest BCUT2D eigenvalue weighted by atomic mass is 10.0. The van der Waals surface area contributed by atoms with Gasteiger partial charge in [-0.15, -0.1) is 0 Å². The molecule has 172 valence electrons. The van der Waals surface area contributed by atoms with Crippen molar-refractivity contribution in [3.05, 3.63) is 35.4 Å². The first kappa shape index (κ1) is 22.6. The van der Waals surface area contributed by atoms with Crippen LogP contribution in [0.3, 0.4) is 0 Å². The SMILES string of the molecule is C[C@H](c1ccc(C(F)(F)F)cc1)N1C(=O)[C@@H]2C[C@H]1CN2C[C@H](N)C(=O)N1CCC[C@H]1C#N. The van der Waals surface area contributed by atoms with E-state index >= 15 is 0 Å². The number of piperazine rings is 1. The minimum Gasteiger partial charge on any atom is -0.330 e. The van der Waals surface area contributed by atoms with Gasteiger partial charge < -0.3 is 15.5 Å². The predicted molar refractivity (Wildman–Crippen MR) is 109 cm³/mol. The molecule has 3 aliphatic heterocycles. The molecule has 0 aromatic heterocycles. The molecule has 10 heteroatoms. The van der Waals surface area contributed by atoms with E-state index in [9.17, 15) is 28.0 Å². The Bertz CT molecular complexity index is 929. The summed E-state index contributed by atoms with van der Waals surface area (Å²) in [5, 5.41) is 9.20. The van der Waals surface area contributed by atoms with E-state index in [0.717, 1.165) is 18.6 Å². The fourth-order valence-electron chi connectivity index (χ4n) is 5.22. The maximum absolute atomic E-state index is 13.0.